The maximum absolute atomic E-state index is 12.4. The molecule has 1 heterocycles. The van der Waals surface area contributed by atoms with Crippen LogP contribution in [-0.2, 0) is 16.0 Å². The number of amides is 1. The summed E-state index contributed by atoms with van der Waals surface area (Å²) >= 11 is 0. The summed E-state index contributed by atoms with van der Waals surface area (Å²) in [6.45, 7) is 4.78. The average molecular weight is 341 g/mol. The zero-order chi connectivity index (χ0) is 17.8. The SMILES string of the molecule is CC(C)n1c(CCNC(=O)C23CC(C(=O)O)(C2)C3)nc2ccccc21. The van der Waals surface area contributed by atoms with Crippen LogP contribution in [0.1, 0.15) is 45.0 Å². The smallest absolute Gasteiger partial charge is 0.309 e. The number of carboxylic acid groups (broad SMARTS) is 1. The molecule has 1 amide bonds. The Balaban J connectivity index is 1.40. The van der Waals surface area contributed by atoms with Crippen molar-refractivity contribution in [2.75, 3.05) is 6.54 Å². The normalized spacial score (nSPS) is 27.0. The molecule has 25 heavy (non-hydrogen) atoms. The van der Waals surface area contributed by atoms with Crippen molar-refractivity contribution in [1.29, 1.82) is 0 Å². The van der Waals surface area contributed by atoms with Crippen molar-refractivity contribution in [1.82, 2.24) is 14.9 Å². The summed E-state index contributed by atoms with van der Waals surface area (Å²) in [5.74, 6) is 0.215. The first-order valence-corrected chi connectivity index (χ1v) is 8.84. The predicted octanol–water partition coefficient (Wildman–Crippen LogP) is 2.53. The van der Waals surface area contributed by atoms with E-state index in [1.807, 2.05) is 18.2 Å². The molecule has 2 aromatic rings. The van der Waals surface area contributed by atoms with Crippen LogP contribution in [-0.4, -0.2) is 33.1 Å². The predicted molar refractivity (Wildman–Crippen MR) is 93.2 cm³/mol. The maximum Gasteiger partial charge on any atom is 0.309 e. The van der Waals surface area contributed by atoms with E-state index in [-0.39, 0.29) is 5.91 Å². The quantitative estimate of drug-likeness (QED) is 0.845. The standard InChI is InChI=1S/C19H23N3O3/c1-12(2)22-14-6-4-3-5-13(14)21-15(22)7-8-20-16(23)18-9-19(10-18,11-18)17(24)25/h3-6,12H,7-11H2,1-2H3,(H,20,23)(H,24,25). The summed E-state index contributed by atoms with van der Waals surface area (Å²) in [6, 6.07) is 8.36. The fourth-order valence-corrected chi connectivity index (χ4v) is 4.58. The summed E-state index contributed by atoms with van der Waals surface area (Å²) < 4.78 is 2.21. The fraction of sp³-hybridized carbons (Fsp3) is 0.526. The number of nitrogens with one attached hydrogen (secondary N) is 1. The van der Waals surface area contributed by atoms with Crippen molar-refractivity contribution >= 4 is 22.9 Å². The number of para-hydroxylation sites is 2. The maximum atomic E-state index is 12.4. The van der Waals surface area contributed by atoms with Crippen molar-refractivity contribution in [3.05, 3.63) is 30.1 Å². The van der Waals surface area contributed by atoms with Gasteiger partial charge < -0.3 is 15.0 Å². The number of carbonyl (C=O) groups excluding carboxylic acids is 1. The third-order valence-corrected chi connectivity index (χ3v) is 5.79. The second kappa shape index (κ2) is 5.31. The molecule has 2 bridgehead atoms. The van der Waals surface area contributed by atoms with Crippen LogP contribution in [0.4, 0.5) is 0 Å². The minimum atomic E-state index is -0.757. The molecule has 3 fully saturated rings. The third kappa shape index (κ3) is 2.27. The molecule has 2 N–H and O–H groups in total. The van der Waals surface area contributed by atoms with Crippen LogP contribution in [0.3, 0.4) is 0 Å². The molecule has 0 saturated heterocycles. The number of benzene rings is 1. The van der Waals surface area contributed by atoms with Crippen LogP contribution in [0.5, 0.6) is 0 Å². The van der Waals surface area contributed by atoms with E-state index in [1.165, 1.54) is 0 Å². The highest BCUT2D eigenvalue weighted by atomic mass is 16.4. The van der Waals surface area contributed by atoms with Crippen LogP contribution < -0.4 is 5.32 Å². The Morgan fingerprint density at radius 1 is 1.24 bits per heavy atom. The highest BCUT2D eigenvalue weighted by Gasteiger charge is 2.75. The molecule has 0 unspecified atom stereocenters. The average Bonchev–Trinajstić information content (AvgIpc) is 2.82. The van der Waals surface area contributed by atoms with Gasteiger partial charge in [-0.25, -0.2) is 4.98 Å². The van der Waals surface area contributed by atoms with Crippen LogP contribution in [0.15, 0.2) is 24.3 Å². The third-order valence-electron chi connectivity index (χ3n) is 5.79. The van der Waals surface area contributed by atoms with Gasteiger partial charge in [0.15, 0.2) is 0 Å². The summed E-state index contributed by atoms with van der Waals surface area (Å²) in [6.07, 6.45) is 2.14. The lowest BCUT2D eigenvalue weighted by Gasteiger charge is -2.66. The first kappa shape index (κ1) is 16.1. The van der Waals surface area contributed by atoms with Gasteiger partial charge in [-0.3, -0.25) is 9.59 Å². The van der Waals surface area contributed by atoms with E-state index in [0.717, 1.165) is 16.9 Å². The Morgan fingerprint density at radius 3 is 2.56 bits per heavy atom. The van der Waals surface area contributed by atoms with Crippen LogP contribution in [0.25, 0.3) is 11.0 Å². The van der Waals surface area contributed by atoms with Crippen molar-refractivity contribution < 1.29 is 14.7 Å². The summed E-state index contributed by atoms with van der Waals surface area (Å²) in [5.41, 5.74) is 1.06. The molecule has 3 saturated carbocycles. The molecule has 1 aromatic heterocycles. The number of fused-ring (bicyclic) bond motifs is 1. The molecule has 3 aliphatic rings. The second-order valence-corrected chi connectivity index (χ2v) is 7.88. The lowest BCUT2D eigenvalue weighted by Crippen LogP contribution is -2.70. The molecule has 5 rings (SSSR count). The monoisotopic (exact) mass is 341 g/mol. The van der Waals surface area contributed by atoms with E-state index < -0.39 is 16.8 Å². The van der Waals surface area contributed by atoms with Gasteiger partial charge in [-0.1, -0.05) is 12.1 Å². The lowest BCUT2D eigenvalue weighted by molar-refractivity contribution is -0.220. The van der Waals surface area contributed by atoms with Gasteiger partial charge in [0.1, 0.15) is 5.82 Å². The zero-order valence-corrected chi connectivity index (χ0v) is 14.6. The zero-order valence-electron chi connectivity index (χ0n) is 14.6. The second-order valence-electron chi connectivity index (χ2n) is 7.88. The van der Waals surface area contributed by atoms with Gasteiger partial charge in [-0.2, -0.15) is 0 Å². The summed E-state index contributed by atoms with van der Waals surface area (Å²) in [4.78, 5) is 28.3. The lowest BCUT2D eigenvalue weighted by atomic mass is 9.35. The Kier molecular flexibility index (Phi) is 3.42. The molecular weight excluding hydrogens is 318 g/mol. The van der Waals surface area contributed by atoms with Gasteiger partial charge in [-0.15, -0.1) is 0 Å². The van der Waals surface area contributed by atoms with Gasteiger partial charge in [0, 0.05) is 19.0 Å². The number of imidazole rings is 1. The van der Waals surface area contributed by atoms with Crippen LogP contribution in [0, 0.1) is 10.8 Å². The number of aliphatic carboxylic acids is 1. The molecule has 6 heteroatoms. The molecule has 6 nitrogen and oxygen atoms in total. The van der Waals surface area contributed by atoms with Gasteiger partial charge >= 0.3 is 5.97 Å². The van der Waals surface area contributed by atoms with E-state index in [2.05, 4.69) is 29.8 Å². The molecule has 132 valence electrons. The van der Waals surface area contributed by atoms with Gasteiger partial charge in [0.05, 0.1) is 21.9 Å². The number of rotatable bonds is 6. The van der Waals surface area contributed by atoms with Crippen molar-refractivity contribution in [3.8, 4) is 0 Å². The minimum Gasteiger partial charge on any atom is -0.481 e. The van der Waals surface area contributed by atoms with E-state index in [9.17, 15) is 9.59 Å². The number of nitrogens with zero attached hydrogens (tertiary/aromatic N) is 2. The van der Waals surface area contributed by atoms with Gasteiger partial charge in [-0.05, 0) is 45.2 Å². The largest absolute Gasteiger partial charge is 0.481 e. The first-order valence-electron chi connectivity index (χ1n) is 8.84. The molecule has 0 radical (unpaired) electrons. The van der Waals surface area contributed by atoms with E-state index in [0.29, 0.717) is 38.3 Å². The number of hydrogen-bond acceptors (Lipinski definition) is 3. The number of carbonyl (C=O) groups is 2. The van der Waals surface area contributed by atoms with E-state index >= 15 is 0 Å². The number of carboxylic acids is 1. The Labute approximate surface area is 146 Å². The highest BCUT2D eigenvalue weighted by molar-refractivity contribution is 5.93. The molecule has 0 atom stereocenters. The Hall–Kier alpha value is -2.37. The van der Waals surface area contributed by atoms with Crippen molar-refractivity contribution in [2.24, 2.45) is 10.8 Å². The van der Waals surface area contributed by atoms with Crippen LogP contribution >= 0.6 is 0 Å². The summed E-state index contributed by atoms with van der Waals surface area (Å²) in [5, 5.41) is 12.2. The van der Waals surface area contributed by atoms with Gasteiger partial charge in [0.2, 0.25) is 5.91 Å². The number of aromatic nitrogens is 2. The molecule has 3 aliphatic carbocycles. The topological polar surface area (TPSA) is 84.2 Å². The molecule has 1 aromatic carbocycles. The Bertz CT molecular complexity index is 848. The van der Waals surface area contributed by atoms with Gasteiger partial charge in [0.25, 0.3) is 0 Å². The summed E-state index contributed by atoms with van der Waals surface area (Å²) in [7, 11) is 0. The Morgan fingerprint density at radius 2 is 1.92 bits per heavy atom. The highest BCUT2D eigenvalue weighted by Crippen LogP contribution is 2.73. The molecule has 0 aliphatic heterocycles. The fourth-order valence-electron chi connectivity index (χ4n) is 4.58. The molecule has 0 spiro atoms. The minimum absolute atomic E-state index is 0.00262. The van der Waals surface area contributed by atoms with Crippen LogP contribution in [0.2, 0.25) is 0 Å². The number of hydrogen-bond donors (Lipinski definition) is 2. The van der Waals surface area contributed by atoms with E-state index in [4.69, 9.17) is 10.1 Å². The molecular formula is C19H23N3O3. The van der Waals surface area contributed by atoms with Crippen molar-refractivity contribution in [2.45, 2.75) is 45.6 Å². The van der Waals surface area contributed by atoms with Crippen molar-refractivity contribution in [3.63, 3.8) is 0 Å². The first-order chi connectivity index (χ1) is 11.9. The van der Waals surface area contributed by atoms with E-state index in [1.54, 1.807) is 0 Å².